The normalized spacial score (nSPS) is 20.1. The molecule has 438 valence electrons. The van der Waals surface area contributed by atoms with Crippen LogP contribution in [0.4, 0.5) is 27.7 Å². The van der Waals surface area contributed by atoms with Crippen LogP contribution in [0.25, 0.3) is 10.9 Å². The number of pyridine rings is 1. The molecule has 10 rings (SSSR count). The number of amides is 2. The van der Waals surface area contributed by atoms with Crippen LogP contribution < -0.4 is 30.7 Å². The molecular weight excluding hydrogens is 1070 g/mol. The first-order chi connectivity index (χ1) is 38.9. The molecule has 8 heterocycles. The van der Waals surface area contributed by atoms with Crippen LogP contribution in [0.3, 0.4) is 0 Å². The molecule has 4 aliphatic rings. The number of hydrogen-bond acceptors (Lipinski definition) is 17. The number of carbonyl (C=O) groups excluding carboxylic acids is 2. The smallest absolute Gasteiger partial charge is 0.257 e. The first-order valence-corrected chi connectivity index (χ1v) is 30.0. The second-order valence-corrected chi connectivity index (χ2v) is 27.0. The first-order valence-electron chi connectivity index (χ1n) is 28.5. The predicted molar refractivity (Wildman–Crippen MR) is 315 cm³/mol. The molecule has 3 N–H and O–H groups in total. The lowest BCUT2D eigenvalue weighted by Crippen LogP contribution is -2.63. The number of halogens is 1. The fourth-order valence-corrected chi connectivity index (χ4v) is 13.2. The average Bonchev–Trinajstić information content (AvgIpc) is 3.85. The number of aromatic nitrogens is 7. The van der Waals surface area contributed by atoms with Crippen molar-refractivity contribution in [1.82, 2.24) is 59.6 Å². The summed E-state index contributed by atoms with van der Waals surface area (Å²) in [7, 11) is -2.06. The highest BCUT2D eigenvalue weighted by atomic mass is 32.2. The summed E-state index contributed by atoms with van der Waals surface area (Å²) in [6, 6.07) is 11.6. The summed E-state index contributed by atoms with van der Waals surface area (Å²) in [5.74, 6) is 1.42. The van der Waals surface area contributed by atoms with Crippen LogP contribution in [0, 0.1) is 19.7 Å². The second kappa shape index (κ2) is 23.4. The Kier molecular flexibility index (Phi) is 16.6. The summed E-state index contributed by atoms with van der Waals surface area (Å²) < 4.78 is 48.6. The number of aromatic amines is 1. The molecule has 82 heavy (non-hydrogen) atoms. The van der Waals surface area contributed by atoms with Gasteiger partial charge >= 0.3 is 0 Å². The second-order valence-electron chi connectivity index (χ2n) is 24.3. The van der Waals surface area contributed by atoms with Gasteiger partial charge in [-0.1, -0.05) is 26.0 Å². The monoisotopic (exact) mass is 1140 g/mol. The lowest BCUT2D eigenvalue weighted by molar-refractivity contribution is -0.121. The number of hydrogen-bond donors (Lipinski definition) is 3. The minimum Gasteiger partial charge on any atom is -0.492 e. The maximum absolute atomic E-state index is 14.5. The number of anilines is 4. The van der Waals surface area contributed by atoms with E-state index in [1.54, 1.807) is 69.0 Å². The van der Waals surface area contributed by atoms with Crippen LogP contribution in [-0.2, 0) is 33.5 Å². The molecule has 23 heteroatoms. The van der Waals surface area contributed by atoms with Crippen LogP contribution in [0.15, 0.2) is 70.9 Å². The van der Waals surface area contributed by atoms with E-state index in [0.29, 0.717) is 105 Å². The van der Waals surface area contributed by atoms with Gasteiger partial charge in [0.15, 0.2) is 15.7 Å². The molecule has 2 aromatic carbocycles. The highest BCUT2D eigenvalue weighted by Crippen LogP contribution is 2.41. The molecule has 0 saturated carbocycles. The van der Waals surface area contributed by atoms with Crippen molar-refractivity contribution in [3.8, 4) is 5.75 Å². The number of rotatable bonds is 16. The van der Waals surface area contributed by atoms with Crippen LogP contribution >= 0.6 is 0 Å². The maximum atomic E-state index is 14.5. The Balaban J connectivity index is 0.701. The fourth-order valence-electron chi connectivity index (χ4n) is 11.9. The van der Waals surface area contributed by atoms with Crippen molar-refractivity contribution < 1.29 is 27.1 Å². The number of ether oxygens (including phenoxy) is 1. The Hall–Kier alpha value is -6.92. The molecule has 4 aliphatic heterocycles. The summed E-state index contributed by atoms with van der Waals surface area (Å²) >= 11 is 0. The predicted octanol–water partition coefficient (Wildman–Crippen LogP) is 5.23. The number of piperazine rings is 3. The zero-order chi connectivity index (χ0) is 58.4. The van der Waals surface area contributed by atoms with E-state index in [9.17, 15) is 27.2 Å². The van der Waals surface area contributed by atoms with Gasteiger partial charge in [-0.3, -0.25) is 34.2 Å². The zero-order valence-corrected chi connectivity index (χ0v) is 49.7. The van der Waals surface area contributed by atoms with Crippen molar-refractivity contribution >= 4 is 55.8 Å². The van der Waals surface area contributed by atoms with Gasteiger partial charge in [0.05, 0.1) is 40.4 Å². The summed E-state index contributed by atoms with van der Waals surface area (Å²) in [6.07, 6.45) is 5.70. The standard InChI is InChI=1S/C59H78FN15O6S/c1-37-31-74(34-51(76)75-35-59(8,9)52-48(75)25-42(55(77)69(52)10)24-41-12-14-44(60)15-13-41)45(30-61-37)33-72-21-22-73(32-38(72)2)56(78)43-28-62-57(63-29-43)71-19-17-70(18-20-71)16-11-23-81-49-27-47-46(26-50(49)82(79,80)58(5,6)7)54(65-36-64-47)66-53-39(3)40(4)67-68-53/h12-15,25-29,36-38,45,61H,11,16-24,30-35H2,1-10H3,(H2,64,65,66,67,68)/t37-,38-,45-/m1/s1. The summed E-state index contributed by atoms with van der Waals surface area (Å²) in [5.41, 5.74) is 5.23. The van der Waals surface area contributed by atoms with Crippen LogP contribution in [0.1, 0.15) is 93.3 Å². The highest BCUT2D eigenvalue weighted by Gasteiger charge is 2.43. The molecule has 0 aliphatic carbocycles. The van der Waals surface area contributed by atoms with Crippen molar-refractivity contribution in [2.75, 3.05) is 107 Å². The van der Waals surface area contributed by atoms with E-state index in [2.05, 4.69) is 88.1 Å². The SMILES string of the molecule is Cc1[nH]nc(Nc2ncnc3cc(OCCCN4CCN(c5ncc(C(=O)N6CCN(C[C@H]7CN[C@H](C)CN7CC(=O)N7CC(C)(C)c8c7cc(Cc7ccc(F)cc7)c(=O)n8C)[C@H](C)C6)cn5)CC4)c(S(=O)(=O)C(C)(C)C)cc23)c1C. The van der Waals surface area contributed by atoms with Crippen molar-refractivity contribution in [2.45, 2.75) is 108 Å². The minimum atomic E-state index is -3.83. The zero-order valence-electron chi connectivity index (χ0n) is 48.9. The molecule has 0 unspecified atom stereocenters. The minimum absolute atomic E-state index is 0.0155. The number of nitrogens with zero attached hydrogens (tertiary/aromatic N) is 12. The Labute approximate surface area is 479 Å². The van der Waals surface area contributed by atoms with E-state index in [-0.39, 0.29) is 58.5 Å². The van der Waals surface area contributed by atoms with Gasteiger partial charge in [-0.05, 0) is 84.7 Å². The number of H-pyrrole nitrogens is 1. The van der Waals surface area contributed by atoms with Crippen molar-refractivity contribution in [3.05, 3.63) is 111 Å². The van der Waals surface area contributed by atoms with Gasteiger partial charge in [0.2, 0.25) is 11.9 Å². The van der Waals surface area contributed by atoms with Crippen LogP contribution in [-0.4, -0.2) is 189 Å². The van der Waals surface area contributed by atoms with Gasteiger partial charge in [0.25, 0.3) is 11.5 Å². The first kappa shape index (κ1) is 58.3. The van der Waals surface area contributed by atoms with E-state index >= 15 is 0 Å². The number of nitrogens with one attached hydrogen (secondary N) is 3. The van der Waals surface area contributed by atoms with E-state index in [1.807, 2.05) is 29.7 Å². The number of fused-ring (bicyclic) bond motifs is 2. The largest absolute Gasteiger partial charge is 0.492 e. The van der Waals surface area contributed by atoms with Gasteiger partial charge in [-0.2, -0.15) is 5.10 Å². The van der Waals surface area contributed by atoms with Crippen molar-refractivity contribution in [2.24, 2.45) is 7.05 Å². The summed E-state index contributed by atoms with van der Waals surface area (Å²) in [5, 5.41) is 14.7. The van der Waals surface area contributed by atoms with Gasteiger partial charge < -0.3 is 34.6 Å². The van der Waals surface area contributed by atoms with Gasteiger partial charge in [-0.25, -0.2) is 32.7 Å². The van der Waals surface area contributed by atoms with Crippen molar-refractivity contribution in [3.63, 3.8) is 0 Å². The third-order valence-electron chi connectivity index (χ3n) is 16.8. The molecular formula is C59H78FN15O6S. The molecule has 6 aromatic rings. The van der Waals surface area contributed by atoms with Crippen LogP contribution in [0.5, 0.6) is 5.75 Å². The van der Waals surface area contributed by atoms with Crippen LogP contribution in [0.2, 0.25) is 0 Å². The Morgan fingerprint density at radius 3 is 2.33 bits per heavy atom. The maximum Gasteiger partial charge on any atom is 0.257 e. The molecule has 4 aromatic heterocycles. The summed E-state index contributed by atoms with van der Waals surface area (Å²) in [6.45, 7) is 25.9. The molecule has 3 atom stereocenters. The molecule has 0 radical (unpaired) electrons. The number of benzene rings is 2. The Bertz CT molecular complexity index is 3510. The van der Waals surface area contributed by atoms with Crippen molar-refractivity contribution in [1.29, 1.82) is 0 Å². The lowest BCUT2D eigenvalue weighted by atomic mass is 9.90. The topological polar surface area (TPSA) is 223 Å². The highest BCUT2D eigenvalue weighted by molar-refractivity contribution is 7.92. The Morgan fingerprint density at radius 1 is 0.915 bits per heavy atom. The van der Waals surface area contributed by atoms with E-state index in [4.69, 9.17) is 4.74 Å². The van der Waals surface area contributed by atoms with Gasteiger partial charge in [0, 0.05) is 156 Å². The number of carbonyl (C=O) groups is 2. The molecule has 0 spiro atoms. The molecule has 21 nitrogen and oxygen atoms in total. The number of sulfone groups is 1. The molecule has 0 bridgehead atoms. The quantitative estimate of drug-likeness (QED) is 0.106. The lowest BCUT2D eigenvalue weighted by Gasteiger charge is -2.45. The van der Waals surface area contributed by atoms with Gasteiger partial charge in [-0.15, -0.1) is 0 Å². The van der Waals surface area contributed by atoms with E-state index < -0.39 is 20.0 Å². The molecule has 3 fully saturated rings. The third-order valence-corrected chi connectivity index (χ3v) is 19.3. The summed E-state index contributed by atoms with van der Waals surface area (Å²) in [4.78, 5) is 73.3. The average molecular weight is 1140 g/mol. The van der Waals surface area contributed by atoms with E-state index in [1.165, 1.54) is 18.5 Å². The molecule has 3 saturated heterocycles. The Morgan fingerprint density at radius 2 is 1.65 bits per heavy atom. The molecule has 2 amide bonds. The fraction of sp³-hybridized carbons (Fsp3) is 0.525. The third kappa shape index (κ3) is 12.1. The van der Waals surface area contributed by atoms with Gasteiger partial charge in [0.1, 0.15) is 28.6 Å². The number of aryl methyl sites for hydroxylation is 1. The van der Waals surface area contributed by atoms with E-state index in [0.717, 1.165) is 60.9 Å².